The van der Waals surface area contributed by atoms with Gasteiger partial charge in [-0.25, -0.2) is 8.42 Å². The van der Waals surface area contributed by atoms with E-state index in [0.29, 0.717) is 30.3 Å². The van der Waals surface area contributed by atoms with Crippen molar-refractivity contribution in [1.82, 2.24) is 8.87 Å². The zero-order valence-electron chi connectivity index (χ0n) is 15.2. The van der Waals surface area contributed by atoms with Crippen LogP contribution in [0.1, 0.15) is 18.0 Å². The van der Waals surface area contributed by atoms with E-state index in [-0.39, 0.29) is 17.4 Å². The molecule has 2 aromatic heterocycles. The lowest BCUT2D eigenvalue weighted by Gasteiger charge is -2.42. The first-order chi connectivity index (χ1) is 13.5. The summed E-state index contributed by atoms with van der Waals surface area (Å²) in [6.07, 6.45) is 2.48. The molecular weight excluding hydrogens is 376 g/mol. The number of nitrogens with zero attached hydrogens (tertiary/aromatic N) is 2. The topological polar surface area (TPSA) is 72.5 Å². The minimum atomic E-state index is -3.56. The van der Waals surface area contributed by atoms with E-state index in [1.807, 2.05) is 22.8 Å². The molecule has 5 rings (SSSR count). The number of hydrogen-bond acceptors (Lipinski definition) is 4. The molecule has 0 radical (unpaired) electrons. The molecule has 1 saturated heterocycles. The maximum Gasteiger partial charge on any atom is 0.250 e. The lowest BCUT2D eigenvalue weighted by Crippen LogP contribution is -2.49. The normalized spacial score (nSPS) is 22.0. The van der Waals surface area contributed by atoms with Crippen molar-refractivity contribution in [2.45, 2.75) is 23.8 Å². The molecule has 144 valence electrons. The molecule has 1 fully saturated rings. The van der Waals surface area contributed by atoms with E-state index in [0.717, 1.165) is 17.7 Å². The number of pyridine rings is 1. The molecule has 0 aliphatic carbocycles. The molecule has 2 atom stereocenters. The van der Waals surface area contributed by atoms with Crippen molar-refractivity contribution in [3.8, 4) is 11.3 Å². The summed E-state index contributed by atoms with van der Waals surface area (Å²) in [5.74, 6) is 0.777. The number of furan rings is 1. The van der Waals surface area contributed by atoms with E-state index < -0.39 is 10.0 Å². The first kappa shape index (κ1) is 17.5. The molecule has 4 heterocycles. The SMILES string of the molecule is O=c1ccc(-c2ccco2)c2n1C[C@H]1C[C@@H]2CN(S(=O)(=O)c2ccccc2)C1. The van der Waals surface area contributed by atoms with Crippen LogP contribution in [0.4, 0.5) is 0 Å². The van der Waals surface area contributed by atoms with Gasteiger partial charge in [0.1, 0.15) is 5.76 Å². The summed E-state index contributed by atoms with van der Waals surface area (Å²) in [6, 6.07) is 15.6. The quantitative estimate of drug-likeness (QED) is 0.682. The van der Waals surface area contributed by atoms with Gasteiger partial charge in [0, 0.05) is 42.9 Å². The molecular formula is C21H20N2O4S. The van der Waals surface area contributed by atoms with Gasteiger partial charge in [0.2, 0.25) is 10.0 Å². The Labute approximate surface area is 163 Å². The third-order valence-electron chi connectivity index (χ3n) is 5.72. The van der Waals surface area contributed by atoms with Crippen LogP contribution in [0.3, 0.4) is 0 Å². The van der Waals surface area contributed by atoms with Crippen LogP contribution >= 0.6 is 0 Å². The summed E-state index contributed by atoms with van der Waals surface area (Å²) in [7, 11) is -3.56. The van der Waals surface area contributed by atoms with Gasteiger partial charge in [-0.3, -0.25) is 4.79 Å². The average Bonchev–Trinajstić information content (AvgIpc) is 3.24. The van der Waals surface area contributed by atoms with Gasteiger partial charge in [0.25, 0.3) is 5.56 Å². The van der Waals surface area contributed by atoms with E-state index in [4.69, 9.17) is 4.42 Å². The third kappa shape index (κ3) is 2.73. The zero-order chi connectivity index (χ0) is 19.3. The highest BCUT2D eigenvalue weighted by Gasteiger charge is 2.40. The van der Waals surface area contributed by atoms with E-state index in [2.05, 4.69) is 0 Å². The molecule has 7 heteroatoms. The Hall–Kier alpha value is -2.64. The third-order valence-corrected chi connectivity index (χ3v) is 7.57. The summed E-state index contributed by atoms with van der Waals surface area (Å²) >= 11 is 0. The number of fused-ring (bicyclic) bond motifs is 4. The predicted molar refractivity (Wildman–Crippen MR) is 104 cm³/mol. The fourth-order valence-corrected chi connectivity index (χ4v) is 6.13. The van der Waals surface area contributed by atoms with Gasteiger partial charge >= 0.3 is 0 Å². The highest BCUT2D eigenvalue weighted by molar-refractivity contribution is 7.89. The van der Waals surface area contributed by atoms with Crippen LogP contribution < -0.4 is 5.56 Å². The van der Waals surface area contributed by atoms with E-state index in [9.17, 15) is 13.2 Å². The van der Waals surface area contributed by atoms with E-state index in [1.54, 1.807) is 47.0 Å². The number of benzene rings is 1. The molecule has 0 unspecified atom stereocenters. The largest absolute Gasteiger partial charge is 0.464 e. The molecule has 0 spiro atoms. The minimum absolute atomic E-state index is 0.0417. The summed E-state index contributed by atoms with van der Waals surface area (Å²) < 4.78 is 35.3. The van der Waals surface area contributed by atoms with Crippen LogP contribution in [0.25, 0.3) is 11.3 Å². The highest BCUT2D eigenvalue weighted by Crippen LogP contribution is 2.41. The van der Waals surface area contributed by atoms with Crippen LogP contribution in [-0.2, 0) is 16.6 Å². The smallest absolute Gasteiger partial charge is 0.250 e. The van der Waals surface area contributed by atoms with Crippen LogP contribution in [0.5, 0.6) is 0 Å². The molecule has 6 nitrogen and oxygen atoms in total. The summed E-state index contributed by atoms with van der Waals surface area (Å²) in [5.41, 5.74) is 1.71. The predicted octanol–water partition coefficient (Wildman–Crippen LogP) is 2.92. The van der Waals surface area contributed by atoms with Gasteiger partial charge in [-0.15, -0.1) is 0 Å². The van der Waals surface area contributed by atoms with Gasteiger partial charge in [-0.2, -0.15) is 4.31 Å². The Morgan fingerprint density at radius 2 is 1.75 bits per heavy atom. The number of aromatic nitrogens is 1. The van der Waals surface area contributed by atoms with E-state index >= 15 is 0 Å². The minimum Gasteiger partial charge on any atom is -0.464 e. The highest BCUT2D eigenvalue weighted by atomic mass is 32.2. The molecule has 3 aromatic rings. The Kier molecular flexibility index (Phi) is 4.03. The lowest BCUT2D eigenvalue weighted by molar-refractivity contribution is 0.186. The van der Waals surface area contributed by atoms with Crippen LogP contribution in [-0.4, -0.2) is 30.4 Å². The molecule has 1 aromatic carbocycles. The molecule has 2 aliphatic rings. The molecule has 28 heavy (non-hydrogen) atoms. The summed E-state index contributed by atoms with van der Waals surface area (Å²) in [5, 5.41) is 0. The van der Waals surface area contributed by atoms with Crippen molar-refractivity contribution in [2.75, 3.05) is 13.1 Å². The summed E-state index contributed by atoms with van der Waals surface area (Å²) in [6.45, 7) is 1.33. The van der Waals surface area contributed by atoms with Crippen molar-refractivity contribution in [3.63, 3.8) is 0 Å². The van der Waals surface area contributed by atoms with Crippen molar-refractivity contribution in [3.05, 3.63) is 76.9 Å². The number of sulfonamides is 1. The van der Waals surface area contributed by atoms with E-state index in [1.165, 1.54) is 0 Å². The molecule has 2 bridgehead atoms. The molecule has 0 N–H and O–H groups in total. The van der Waals surface area contributed by atoms with Crippen molar-refractivity contribution >= 4 is 10.0 Å². The lowest BCUT2D eigenvalue weighted by atomic mass is 9.82. The molecule has 2 aliphatic heterocycles. The molecule has 0 amide bonds. The van der Waals surface area contributed by atoms with Gasteiger partial charge in [0.05, 0.1) is 11.2 Å². The standard InChI is InChI=1S/C21H20N2O4S/c24-20-9-8-18(19-7-4-10-27-19)21-16-11-15(13-23(20)21)12-22(14-16)28(25,26)17-5-2-1-3-6-17/h1-10,15-16H,11-14H2/t15-,16+/m0/s1. The van der Waals surface area contributed by atoms with Crippen LogP contribution in [0.2, 0.25) is 0 Å². The van der Waals surface area contributed by atoms with Gasteiger partial charge in [-0.05, 0) is 42.7 Å². The van der Waals surface area contributed by atoms with Gasteiger partial charge in [-0.1, -0.05) is 18.2 Å². The second-order valence-corrected chi connectivity index (χ2v) is 9.43. The maximum absolute atomic E-state index is 13.1. The zero-order valence-corrected chi connectivity index (χ0v) is 16.0. The van der Waals surface area contributed by atoms with Crippen molar-refractivity contribution in [2.24, 2.45) is 5.92 Å². The fourth-order valence-electron chi connectivity index (χ4n) is 4.55. The monoisotopic (exact) mass is 396 g/mol. The first-order valence-electron chi connectivity index (χ1n) is 9.37. The second-order valence-electron chi connectivity index (χ2n) is 7.49. The average molecular weight is 396 g/mol. The summed E-state index contributed by atoms with van der Waals surface area (Å²) in [4.78, 5) is 12.8. The number of piperidine rings is 1. The number of hydrogen-bond donors (Lipinski definition) is 0. The van der Waals surface area contributed by atoms with Crippen LogP contribution in [0, 0.1) is 5.92 Å². The molecule has 0 saturated carbocycles. The Morgan fingerprint density at radius 3 is 2.50 bits per heavy atom. The first-order valence-corrected chi connectivity index (χ1v) is 10.8. The Bertz CT molecular complexity index is 1170. The van der Waals surface area contributed by atoms with Gasteiger partial charge < -0.3 is 8.98 Å². The second kappa shape index (κ2) is 6.46. The van der Waals surface area contributed by atoms with Crippen molar-refractivity contribution in [1.29, 1.82) is 0 Å². The van der Waals surface area contributed by atoms with Crippen LogP contribution in [0.15, 0.2) is 75.0 Å². The number of rotatable bonds is 3. The Morgan fingerprint density at radius 1 is 0.929 bits per heavy atom. The fraction of sp³-hybridized carbons (Fsp3) is 0.286. The Balaban J connectivity index is 1.58. The van der Waals surface area contributed by atoms with Gasteiger partial charge in [0.15, 0.2) is 0 Å². The maximum atomic E-state index is 13.1. The van der Waals surface area contributed by atoms with Crippen molar-refractivity contribution < 1.29 is 12.8 Å².